The number of benzene rings is 1. The second-order valence-electron chi connectivity index (χ2n) is 7.10. The first kappa shape index (κ1) is 19.9. The van der Waals surface area contributed by atoms with Crippen molar-refractivity contribution in [1.29, 1.82) is 0 Å². The molecule has 3 heterocycles. The standard InChI is InChI=1S/C20H19F3N4OS/c1-29-19(5-7-24-11-19)17(28)9-12-2-3-15-14(8-12)18(27-26-15)13-4-6-25-16(10-13)20(21,22)23/h2-4,6,8,10,24H,5,7,9,11H2,1H3,(H,26,27)/t19-/m0/s1. The Morgan fingerprint density at radius 1 is 1.28 bits per heavy atom. The SMILES string of the molecule is CS[C@@]1(C(=O)Cc2ccc3[nH]nc(-c4ccnc(C(F)(F)F)c4)c3c2)CCNC1. The third-order valence-electron chi connectivity index (χ3n) is 5.33. The van der Waals surface area contributed by atoms with Crippen molar-refractivity contribution < 1.29 is 18.0 Å². The van der Waals surface area contributed by atoms with E-state index in [-0.39, 0.29) is 12.2 Å². The van der Waals surface area contributed by atoms with E-state index in [4.69, 9.17) is 0 Å². The Morgan fingerprint density at radius 3 is 2.79 bits per heavy atom. The van der Waals surface area contributed by atoms with E-state index in [1.165, 1.54) is 6.07 Å². The molecule has 152 valence electrons. The maximum absolute atomic E-state index is 13.0. The van der Waals surface area contributed by atoms with Crippen molar-refractivity contribution in [3.8, 4) is 11.3 Å². The minimum Gasteiger partial charge on any atom is -0.315 e. The molecule has 3 aromatic rings. The van der Waals surface area contributed by atoms with Crippen molar-refractivity contribution in [3.05, 3.63) is 47.8 Å². The average molecular weight is 420 g/mol. The van der Waals surface area contributed by atoms with Crippen LogP contribution in [0.3, 0.4) is 0 Å². The highest BCUT2D eigenvalue weighted by Gasteiger charge is 2.39. The van der Waals surface area contributed by atoms with Gasteiger partial charge in [-0.05, 0) is 49.1 Å². The minimum absolute atomic E-state index is 0.155. The van der Waals surface area contributed by atoms with Crippen molar-refractivity contribution >= 4 is 28.4 Å². The summed E-state index contributed by atoms with van der Waals surface area (Å²) < 4.78 is 38.6. The number of halogens is 3. The van der Waals surface area contributed by atoms with Crippen molar-refractivity contribution in [2.24, 2.45) is 0 Å². The Hall–Kier alpha value is -2.39. The molecule has 1 saturated heterocycles. The van der Waals surface area contributed by atoms with Crippen molar-refractivity contribution in [2.45, 2.75) is 23.8 Å². The number of aromatic nitrogens is 3. The lowest BCUT2D eigenvalue weighted by molar-refractivity contribution is -0.141. The fourth-order valence-electron chi connectivity index (χ4n) is 3.67. The zero-order chi connectivity index (χ0) is 20.6. The van der Waals surface area contributed by atoms with Gasteiger partial charge in [0.25, 0.3) is 0 Å². The van der Waals surface area contributed by atoms with E-state index in [0.717, 1.165) is 30.8 Å². The molecule has 5 nitrogen and oxygen atoms in total. The number of nitrogens with one attached hydrogen (secondary N) is 2. The monoisotopic (exact) mass is 420 g/mol. The van der Waals surface area contributed by atoms with Crippen molar-refractivity contribution in [1.82, 2.24) is 20.5 Å². The maximum Gasteiger partial charge on any atom is 0.433 e. The van der Waals surface area contributed by atoms with Crippen LogP contribution in [0.1, 0.15) is 17.7 Å². The van der Waals surface area contributed by atoms with Crippen molar-refractivity contribution in [3.63, 3.8) is 0 Å². The number of rotatable bonds is 5. The zero-order valence-electron chi connectivity index (χ0n) is 15.6. The molecule has 4 rings (SSSR count). The Bertz CT molecular complexity index is 1060. The van der Waals surface area contributed by atoms with Crippen LogP contribution in [0.2, 0.25) is 0 Å². The number of alkyl halides is 3. The van der Waals surface area contributed by atoms with Crippen LogP contribution in [0, 0.1) is 0 Å². The number of Topliss-reactive ketones (excluding diaryl/α,β-unsaturated/α-hetero) is 1. The second kappa shape index (κ2) is 7.46. The molecule has 1 fully saturated rings. The van der Waals surface area contributed by atoms with Crippen LogP contribution in [-0.2, 0) is 17.4 Å². The van der Waals surface area contributed by atoms with E-state index in [2.05, 4.69) is 20.5 Å². The predicted octanol–water partition coefficient (Wildman–Crippen LogP) is 3.85. The molecule has 2 N–H and O–H groups in total. The van der Waals surface area contributed by atoms with Crippen LogP contribution < -0.4 is 5.32 Å². The molecular weight excluding hydrogens is 401 g/mol. The van der Waals surface area contributed by atoms with Gasteiger partial charge in [0.1, 0.15) is 11.4 Å². The molecule has 2 aromatic heterocycles. The quantitative estimate of drug-likeness (QED) is 0.656. The zero-order valence-corrected chi connectivity index (χ0v) is 16.5. The third-order valence-corrected chi connectivity index (χ3v) is 6.69. The Balaban J connectivity index is 1.68. The lowest BCUT2D eigenvalue weighted by atomic mass is 9.95. The fourth-order valence-corrected chi connectivity index (χ4v) is 4.52. The molecule has 0 spiro atoms. The summed E-state index contributed by atoms with van der Waals surface area (Å²) in [5.41, 5.74) is 1.28. The van der Waals surface area contributed by atoms with Gasteiger partial charge in [-0.2, -0.15) is 18.3 Å². The number of hydrogen-bond acceptors (Lipinski definition) is 5. The molecule has 1 atom stereocenters. The van der Waals surface area contributed by atoms with Crippen LogP contribution in [0.5, 0.6) is 0 Å². The largest absolute Gasteiger partial charge is 0.433 e. The van der Waals surface area contributed by atoms with E-state index in [9.17, 15) is 18.0 Å². The normalized spacial score (nSPS) is 19.7. The first-order valence-corrected chi connectivity index (χ1v) is 10.3. The average Bonchev–Trinajstić information content (AvgIpc) is 3.35. The Labute approximate surface area is 169 Å². The van der Waals surface area contributed by atoms with Crippen LogP contribution >= 0.6 is 11.8 Å². The summed E-state index contributed by atoms with van der Waals surface area (Å²) in [5, 5.41) is 11.0. The molecule has 9 heteroatoms. The van der Waals surface area contributed by atoms with Gasteiger partial charge in [0.15, 0.2) is 5.78 Å². The first-order chi connectivity index (χ1) is 13.8. The molecule has 1 aliphatic rings. The summed E-state index contributed by atoms with van der Waals surface area (Å²) in [6.45, 7) is 1.48. The summed E-state index contributed by atoms with van der Waals surface area (Å²) in [6.07, 6.45) is -0.386. The molecule has 0 amide bonds. The van der Waals surface area contributed by atoms with Gasteiger partial charge in [-0.3, -0.25) is 14.9 Å². The molecule has 0 radical (unpaired) electrons. The number of H-pyrrole nitrogens is 1. The highest BCUT2D eigenvalue weighted by atomic mass is 32.2. The number of thioether (sulfide) groups is 1. The smallest absolute Gasteiger partial charge is 0.315 e. The summed E-state index contributed by atoms with van der Waals surface area (Å²) >= 11 is 1.57. The second-order valence-corrected chi connectivity index (χ2v) is 8.29. The number of carbonyl (C=O) groups excluding carboxylic acids is 1. The van der Waals surface area contributed by atoms with Gasteiger partial charge in [0.2, 0.25) is 0 Å². The van der Waals surface area contributed by atoms with Crippen LogP contribution in [0.15, 0.2) is 36.5 Å². The van der Waals surface area contributed by atoms with E-state index in [1.807, 2.05) is 18.4 Å². The summed E-state index contributed by atoms with van der Waals surface area (Å²) in [7, 11) is 0. The molecule has 29 heavy (non-hydrogen) atoms. The maximum atomic E-state index is 13.0. The number of carbonyl (C=O) groups is 1. The van der Waals surface area contributed by atoms with Gasteiger partial charge < -0.3 is 5.32 Å². The molecular formula is C20H19F3N4OS. The number of ketones is 1. The topological polar surface area (TPSA) is 70.7 Å². The van der Waals surface area contributed by atoms with Gasteiger partial charge in [0.05, 0.1) is 10.3 Å². The van der Waals surface area contributed by atoms with E-state index < -0.39 is 16.6 Å². The summed E-state index contributed by atoms with van der Waals surface area (Å²) in [6, 6.07) is 7.97. The summed E-state index contributed by atoms with van der Waals surface area (Å²) in [4.78, 5) is 16.3. The molecule has 1 aromatic carbocycles. The number of aromatic amines is 1. The van der Waals surface area contributed by atoms with Crippen LogP contribution in [-0.4, -0.2) is 45.1 Å². The van der Waals surface area contributed by atoms with Crippen molar-refractivity contribution in [2.75, 3.05) is 19.3 Å². The van der Waals surface area contributed by atoms with Crippen LogP contribution in [0.4, 0.5) is 13.2 Å². The molecule has 0 unspecified atom stereocenters. The van der Waals surface area contributed by atoms with Gasteiger partial charge in [-0.1, -0.05) is 6.07 Å². The summed E-state index contributed by atoms with van der Waals surface area (Å²) in [5.74, 6) is 0.155. The lowest BCUT2D eigenvalue weighted by Gasteiger charge is -2.24. The molecule has 0 aliphatic carbocycles. The van der Waals surface area contributed by atoms with Gasteiger partial charge in [0, 0.05) is 30.1 Å². The number of fused-ring (bicyclic) bond motifs is 1. The van der Waals surface area contributed by atoms with Gasteiger partial charge in [-0.15, -0.1) is 11.8 Å². The predicted molar refractivity (Wildman–Crippen MR) is 107 cm³/mol. The Kier molecular flexibility index (Phi) is 5.12. The Morgan fingerprint density at radius 2 is 2.10 bits per heavy atom. The lowest BCUT2D eigenvalue weighted by Crippen LogP contribution is -2.38. The molecule has 0 saturated carbocycles. The molecule has 1 aliphatic heterocycles. The number of pyridine rings is 1. The van der Waals surface area contributed by atoms with Gasteiger partial charge >= 0.3 is 6.18 Å². The minimum atomic E-state index is -4.53. The first-order valence-electron chi connectivity index (χ1n) is 9.12. The van der Waals surface area contributed by atoms with Crippen LogP contribution in [0.25, 0.3) is 22.2 Å². The molecule has 0 bridgehead atoms. The van der Waals surface area contributed by atoms with E-state index in [0.29, 0.717) is 28.7 Å². The van der Waals surface area contributed by atoms with Gasteiger partial charge in [-0.25, -0.2) is 0 Å². The highest BCUT2D eigenvalue weighted by Crippen LogP contribution is 2.34. The highest BCUT2D eigenvalue weighted by molar-refractivity contribution is 8.00. The van der Waals surface area contributed by atoms with E-state index >= 15 is 0 Å². The third kappa shape index (κ3) is 3.76. The van der Waals surface area contributed by atoms with E-state index in [1.54, 1.807) is 17.8 Å². The number of hydrogen-bond donors (Lipinski definition) is 2. The number of nitrogens with zero attached hydrogens (tertiary/aromatic N) is 2. The fraction of sp³-hybridized carbons (Fsp3) is 0.350.